The van der Waals surface area contributed by atoms with E-state index in [9.17, 15) is 9.59 Å². The fraction of sp³-hybridized carbons (Fsp3) is 0.357. The summed E-state index contributed by atoms with van der Waals surface area (Å²) in [5.74, 6) is -0.164. The minimum absolute atomic E-state index is 0.128. The van der Waals surface area contributed by atoms with Crippen molar-refractivity contribution in [2.75, 3.05) is 6.54 Å². The van der Waals surface area contributed by atoms with Gasteiger partial charge in [-0.1, -0.05) is 79.4 Å². The number of amides is 2. The summed E-state index contributed by atoms with van der Waals surface area (Å²) < 4.78 is 5.44. The second kappa shape index (κ2) is 11.0. The lowest BCUT2D eigenvalue weighted by Crippen LogP contribution is -2.47. The summed E-state index contributed by atoms with van der Waals surface area (Å²) in [5.41, 5.74) is 3.10. The molecule has 1 heterocycles. The predicted octanol–water partition coefficient (Wildman–Crippen LogP) is 5.46. The number of hydrogen-bond acceptors (Lipinski definition) is 3. The molecule has 0 spiro atoms. The Kier molecular flexibility index (Phi) is 7.61. The second-order valence-corrected chi connectivity index (χ2v) is 8.87. The van der Waals surface area contributed by atoms with Gasteiger partial charge in [-0.25, -0.2) is 0 Å². The van der Waals surface area contributed by atoms with Crippen molar-refractivity contribution in [2.24, 2.45) is 0 Å². The molecule has 0 saturated heterocycles. The van der Waals surface area contributed by atoms with Gasteiger partial charge in [-0.15, -0.1) is 0 Å². The summed E-state index contributed by atoms with van der Waals surface area (Å²) in [6, 6.07) is 20.6. The predicted molar refractivity (Wildman–Crippen MR) is 129 cm³/mol. The van der Waals surface area contributed by atoms with Crippen molar-refractivity contribution in [3.8, 4) is 0 Å². The zero-order valence-electron chi connectivity index (χ0n) is 19.2. The van der Waals surface area contributed by atoms with E-state index in [1.165, 1.54) is 18.2 Å². The lowest BCUT2D eigenvalue weighted by Gasteiger charge is -2.33. The van der Waals surface area contributed by atoms with Gasteiger partial charge in [-0.05, 0) is 49.4 Å². The quantitative estimate of drug-likeness (QED) is 0.502. The second-order valence-electron chi connectivity index (χ2n) is 8.87. The first kappa shape index (κ1) is 22.8. The smallest absolute Gasteiger partial charge is 0.290 e. The standard InChI is InChI=1S/C28H32N2O3/c1-21-10-8-11-22(20-21)17-18-30(28(32)25-16-9-19-33-25)26(23-12-4-2-5-13-23)27(31)29-24-14-6-3-7-15-24/h2,4-5,8-13,16,19-20,24,26H,3,6-7,14-15,17-18H2,1H3,(H,29,31)/t26-/m0/s1. The van der Waals surface area contributed by atoms with Gasteiger partial charge < -0.3 is 14.6 Å². The van der Waals surface area contributed by atoms with Crippen molar-refractivity contribution < 1.29 is 14.0 Å². The molecular formula is C28H32N2O3. The minimum atomic E-state index is -0.726. The summed E-state index contributed by atoms with van der Waals surface area (Å²) >= 11 is 0. The molecule has 33 heavy (non-hydrogen) atoms. The summed E-state index contributed by atoms with van der Waals surface area (Å²) in [7, 11) is 0. The van der Waals surface area contributed by atoms with Crippen LogP contribution >= 0.6 is 0 Å². The molecule has 1 fully saturated rings. The van der Waals surface area contributed by atoms with Gasteiger partial charge in [-0.2, -0.15) is 0 Å². The van der Waals surface area contributed by atoms with Gasteiger partial charge in [0.05, 0.1) is 6.26 Å². The highest BCUT2D eigenvalue weighted by atomic mass is 16.3. The minimum Gasteiger partial charge on any atom is -0.459 e. The first-order chi connectivity index (χ1) is 16.1. The Hall–Kier alpha value is -3.34. The Balaban J connectivity index is 1.65. The molecule has 3 aromatic rings. The third kappa shape index (κ3) is 5.92. The summed E-state index contributed by atoms with van der Waals surface area (Å²) in [4.78, 5) is 28.9. The number of hydrogen-bond donors (Lipinski definition) is 1. The van der Waals surface area contributed by atoms with Gasteiger partial charge in [0, 0.05) is 12.6 Å². The van der Waals surface area contributed by atoms with Gasteiger partial charge >= 0.3 is 0 Å². The molecule has 2 amide bonds. The topological polar surface area (TPSA) is 62.6 Å². The van der Waals surface area contributed by atoms with Crippen molar-refractivity contribution in [1.29, 1.82) is 0 Å². The lowest BCUT2D eigenvalue weighted by molar-refractivity contribution is -0.126. The number of furan rings is 1. The van der Waals surface area contributed by atoms with Crippen LogP contribution in [0.1, 0.15) is 65.4 Å². The van der Waals surface area contributed by atoms with Crippen LogP contribution in [0.25, 0.3) is 0 Å². The maximum atomic E-state index is 13.7. The van der Waals surface area contributed by atoms with E-state index in [0.717, 1.165) is 36.8 Å². The zero-order valence-corrected chi connectivity index (χ0v) is 19.2. The largest absolute Gasteiger partial charge is 0.459 e. The number of aryl methyl sites for hydroxylation is 1. The lowest BCUT2D eigenvalue weighted by atomic mass is 9.94. The third-order valence-electron chi connectivity index (χ3n) is 6.34. The van der Waals surface area contributed by atoms with E-state index in [1.54, 1.807) is 17.0 Å². The third-order valence-corrected chi connectivity index (χ3v) is 6.34. The van der Waals surface area contributed by atoms with Crippen LogP contribution in [0.3, 0.4) is 0 Å². The Morgan fingerprint density at radius 1 is 1.00 bits per heavy atom. The molecule has 0 unspecified atom stereocenters. The van der Waals surface area contributed by atoms with E-state index in [4.69, 9.17) is 4.42 Å². The first-order valence-corrected chi connectivity index (χ1v) is 11.9. The normalized spacial score (nSPS) is 15.1. The van der Waals surface area contributed by atoms with Gasteiger partial charge in [-0.3, -0.25) is 9.59 Å². The molecule has 5 heteroatoms. The van der Waals surface area contributed by atoms with Gasteiger partial charge in [0.25, 0.3) is 5.91 Å². The number of nitrogens with zero attached hydrogens (tertiary/aromatic N) is 1. The molecule has 4 rings (SSSR count). The average Bonchev–Trinajstić information content (AvgIpc) is 3.37. The molecule has 1 atom stereocenters. The van der Waals surface area contributed by atoms with E-state index in [-0.39, 0.29) is 23.6 Å². The Labute approximate surface area is 195 Å². The van der Waals surface area contributed by atoms with Crippen LogP contribution in [0.15, 0.2) is 77.4 Å². The Morgan fingerprint density at radius 3 is 2.48 bits per heavy atom. The number of nitrogens with one attached hydrogen (secondary N) is 1. The van der Waals surface area contributed by atoms with Crippen molar-refractivity contribution in [1.82, 2.24) is 10.2 Å². The molecule has 1 aliphatic rings. The Morgan fingerprint density at radius 2 is 1.79 bits per heavy atom. The van der Waals surface area contributed by atoms with Crippen LogP contribution in [0.2, 0.25) is 0 Å². The van der Waals surface area contributed by atoms with Crippen molar-refractivity contribution in [2.45, 2.75) is 57.5 Å². The summed E-state index contributed by atoms with van der Waals surface area (Å²) in [6.07, 6.45) is 7.59. The molecular weight excluding hydrogens is 412 g/mol. The Bertz CT molecular complexity index is 1040. The number of carbonyl (C=O) groups excluding carboxylic acids is 2. The van der Waals surface area contributed by atoms with Crippen LogP contribution in [-0.4, -0.2) is 29.3 Å². The maximum absolute atomic E-state index is 13.7. The molecule has 0 bridgehead atoms. The average molecular weight is 445 g/mol. The fourth-order valence-electron chi connectivity index (χ4n) is 4.64. The van der Waals surface area contributed by atoms with Crippen LogP contribution in [0.5, 0.6) is 0 Å². The molecule has 172 valence electrons. The van der Waals surface area contributed by atoms with E-state index in [2.05, 4.69) is 30.4 Å². The van der Waals surface area contributed by atoms with Crippen LogP contribution in [0, 0.1) is 6.92 Å². The number of rotatable bonds is 8. The van der Waals surface area contributed by atoms with Crippen LogP contribution < -0.4 is 5.32 Å². The monoisotopic (exact) mass is 444 g/mol. The van der Waals surface area contributed by atoms with Gasteiger partial charge in [0.1, 0.15) is 6.04 Å². The highest BCUT2D eigenvalue weighted by molar-refractivity contribution is 5.96. The molecule has 1 saturated carbocycles. The van der Waals surface area contributed by atoms with E-state index < -0.39 is 6.04 Å². The highest BCUT2D eigenvalue weighted by Gasteiger charge is 2.34. The number of carbonyl (C=O) groups is 2. The van der Waals surface area contributed by atoms with Crippen LogP contribution in [-0.2, 0) is 11.2 Å². The summed E-state index contributed by atoms with van der Waals surface area (Å²) in [6.45, 7) is 2.46. The van der Waals surface area contributed by atoms with Crippen LogP contribution in [0.4, 0.5) is 0 Å². The molecule has 1 aromatic heterocycles. The van der Waals surface area contributed by atoms with E-state index in [1.807, 2.05) is 36.4 Å². The SMILES string of the molecule is Cc1cccc(CCN(C(=O)c2ccco2)[C@H](C(=O)NC2CCCCC2)c2ccccc2)c1. The first-order valence-electron chi connectivity index (χ1n) is 11.9. The van der Waals surface area contributed by atoms with Crippen molar-refractivity contribution >= 4 is 11.8 Å². The zero-order chi connectivity index (χ0) is 23.0. The van der Waals surface area contributed by atoms with E-state index >= 15 is 0 Å². The van der Waals surface area contributed by atoms with Crippen molar-refractivity contribution in [3.05, 3.63) is 95.4 Å². The molecule has 1 N–H and O–H groups in total. The van der Waals surface area contributed by atoms with Gasteiger partial charge in [0.2, 0.25) is 5.91 Å². The summed E-state index contributed by atoms with van der Waals surface area (Å²) in [5, 5.41) is 3.24. The van der Waals surface area contributed by atoms with Crippen molar-refractivity contribution in [3.63, 3.8) is 0 Å². The molecule has 2 aromatic carbocycles. The molecule has 1 aliphatic carbocycles. The van der Waals surface area contributed by atoms with Gasteiger partial charge in [0.15, 0.2) is 5.76 Å². The van der Waals surface area contributed by atoms with E-state index in [0.29, 0.717) is 13.0 Å². The molecule has 5 nitrogen and oxygen atoms in total. The fourth-order valence-corrected chi connectivity index (χ4v) is 4.64. The number of benzene rings is 2. The molecule has 0 radical (unpaired) electrons. The molecule has 0 aliphatic heterocycles. The maximum Gasteiger partial charge on any atom is 0.290 e. The highest BCUT2D eigenvalue weighted by Crippen LogP contribution is 2.26.